The lowest BCUT2D eigenvalue weighted by molar-refractivity contribution is -0.137. The van der Waals surface area contributed by atoms with Crippen molar-refractivity contribution in [2.45, 2.75) is 18.6 Å². The van der Waals surface area contributed by atoms with Crippen LogP contribution in [0.1, 0.15) is 21.5 Å². The average Bonchev–Trinajstić information content (AvgIpc) is 2.56. The first-order chi connectivity index (χ1) is 12.1. The van der Waals surface area contributed by atoms with Crippen LogP contribution in [-0.2, 0) is 17.4 Å². The van der Waals surface area contributed by atoms with Crippen molar-refractivity contribution in [2.75, 3.05) is 0 Å². The van der Waals surface area contributed by atoms with E-state index in [9.17, 15) is 22.8 Å². The molecule has 2 aromatic rings. The van der Waals surface area contributed by atoms with Gasteiger partial charge in [0.15, 0.2) is 0 Å². The number of nitrogens with one attached hydrogen (secondary N) is 1. The summed E-state index contributed by atoms with van der Waals surface area (Å²) in [4.78, 5) is 23.9. The Balaban J connectivity index is 2.15. The molecule has 9 heteroatoms. The number of carbonyl (C=O) groups excluding carboxylic acids is 2. The van der Waals surface area contributed by atoms with Gasteiger partial charge in [-0.15, -0.1) is 0 Å². The summed E-state index contributed by atoms with van der Waals surface area (Å²) < 4.78 is 38.4. The fourth-order valence-electron chi connectivity index (χ4n) is 2.19. The highest BCUT2D eigenvalue weighted by atomic mass is 79.9. The molecule has 0 fully saturated rings. The second-order valence-corrected chi connectivity index (χ2v) is 6.73. The van der Waals surface area contributed by atoms with Gasteiger partial charge in [-0.05, 0) is 48.0 Å². The molecular formula is C17H13BrClF3N2O2. The van der Waals surface area contributed by atoms with Crippen LogP contribution >= 0.6 is 27.5 Å². The van der Waals surface area contributed by atoms with Crippen LogP contribution in [0.4, 0.5) is 13.2 Å². The molecule has 0 heterocycles. The van der Waals surface area contributed by atoms with Gasteiger partial charge < -0.3 is 11.1 Å². The van der Waals surface area contributed by atoms with Gasteiger partial charge in [0.1, 0.15) is 6.04 Å². The van der Waals surface area contributed by atoms with E-state index in [1.807, 2.05) is 0 Å². The number of primary amides is 1. The van der Waals surface area contributed by atoms with Crippen molar-refractivity contribution >= 4 is 39.3 Å². The molecule has 2 amide bonds. The van der Waals surface area contributed by atoms with Crippen molar-refractivity contribution in [3.63, 3.8) is 0 Å². The van der Waals surface area contributed by atoms with E-state index in [4.69, 9.17) is 17.3 Å². The minimum Gasteiger partial charge on any atom is -0.368 e. The number of nitrogens with two attached hydrogens (primary N) is 1. The highest BCUT2D eigenvalue weighted by Gasteiger charge is 2.30. The van der Waals surface area contributed by atoms with Crippen molar-refractivity contribution in [3.05, 3.63) is 68.7 Å². The molecule has 26 heavy (non-hydrogen) atoms. The standard InChI is InChI=1S/C17H13BrClF3N2O2/c18-13-6-5-12(19)7-10(13)8-14(15(23)25)24-16(26)9-1-3-11(4-2-9)17(20,21)22/h1-7,14H,8H2,(H2,23,25)(H,24,26)/t14-/m1/s1. The van der Waals surface area contributed by atoms with Crippen LogP contribution in [0.3, 0.4) is 0 Å². The molecule has 0 aliphatic carbocycles. The summed E-state index contributed by atoms with van der Waals surface area (Å²) in [5.74, 6) is -1.49. The number of hydrogen-bond acceptors (Lipinski definition) is 2. The van der Waals surface area contributed by atoms with Gasteiger partial charge in [0.25, 0.3) is 5.91 Å². The number of halogens is 5. The fourth-order valence-corrected chi connectivity index (χ4v) is 2.80. The summed E-state index contributed by atoms with van der Waals surface area (Å²) in [7, 11) is 0. The molecule has 0 unspecified atom stereocenters. The molecule has 0 aliphatic rings. The predicted molar refractivity (Wildman–Crippen MR) is 94.7 cm³/mol. The number of hydrogen-bond donors (Lipinski definition) is 2. The van der Waals surface area contributed by atoms with E-state index in [0.29, 0.717) is 15.1 Å². The molecule has 3 N–H and O–H groups in total. The quantitative estimate of drug-likeness (QED) is 0.726. The largest absolute Gasteiger partial charge is 0.416 e. The Kier molecular flexibility index (Phi) is 6.30. The summed E-state index contributed by atoms with van der Waals surface area (Å²) >= 11 is 9.23. The third kappa shape index (κ3) is 5.22. The molecule has 0 bridgehead atoms. The first-order valence-corrected chi connectivity index (χ1v) is 8.46. The van der Waals surface area contributed by atoms with Crippen LogP contribution in [0.15, 0.2) is 46.9 Å². The van der Waals surface area contributed by atoms with Crippen molar-refractivity contribution in [1.82, 2.24) is 5.32 Å². The zero-order valence-electron chi connectivity index (χ0n) is 13.1. The Bertz CT molecular complexity index is 826. The van der Waals surface area contributed by atoms with Gasteiger partial charge in [0.05, 0.1) is 5.56 Å². The lowest BCUT2D eigenvalue weighted by atomic mass is 10.0. The van der Waals surface area contributed by atoms with Crippen molar-refractivity contribution < 1.29 is 22.8 Å². The summed E-state index contributed by atoms with van der Waals surface area (Å²) in [6.45, 7) is 0. The average molecular weight is 450 g/mol. The summed E-state index contributed by atoms with van der Waals surface area (Å²) in [6.07, 6.45) is -4.42. The number of rotatable bonds is 5. The number of alkyl halides is 3. The van der Waals surface area contributed by atoms with Crippen molar-refractivity contribution in [1.29, 1.82) is 0 Å². The summed E-state index contributed by atoms with van der Waals surface area (Å²) in [6, 6.07) is 7.55. The maximum atomic E-state index is 12.6. The molecular weight excluding hydrogens is 437 g/mol. The number of benzene rings is 2. The fraction of sp³-hybridized carbons (Fsp3) is 0.176. The van der Waals surface area contributed by atoms with E-state index in [-0.39, 0.29) is 12.0 Å². The lowest BCUT2D eigenvalue weighted by Crippen LogP contribution is -2.45. The Hall–Kier alpha value is -2.06. The molecule has 0 saturated carbocycles. The predicted octanol–water partition coefficient (Wildman–Crippen LogP) is 3.95. The summed E-state index contributed by atoms with van der Waals surface area (Å²) in [5, 5.41) is 2.87. The lowest BCUT2D eigenvalue weighted by Gasteiger charge is -2.17. The van der Waals surface area contributed by atoms with Gasteiger partial charge in [-0.3, -0.25) is 9.59 Å². The Morgan fingerprint density at radius 3 is 2.31 bits per heavy atom. The molecule has 138 valence electrons. The minimum absolute atomic E-state index is 0.0191. The topological polar surface area (TPSA) is 72.2 Å². The van der Waals surface area contributed by atoms with Crippen molar-refractivity contribution in [2.24, 2.45) is 5.73 Å². The molecule has 0 saturated heterocycles. The van der Waals surface area contributed by atoms with E-state index in [1.165, 1.54) is 0 Å². The zero-order chi connectivity index (χ0) is 19.5. The van der Waals surface area contributed by atoms with E-state index < -0.39 is 29.6 Å². The molecule has 0 aromatic heterocycles. The Labute approximate surface area is 160 Å². The van der Waals surface area contributed by atoms with E-state index in [0.717, 1.165) is 24.3 Å². The third-order valence-corrected chi connectivity index (χ3v) is 4.56. The molecule has 0 radical (unpaired) electrons. The molecule has 1 atom stereocenters. The molecule has 4 nitrogen and oxygen atoms in total. The normalized spacial score (nSPS) is 12.5. The van der Waals surface area contributed by atoms with Crippen molar-refractivity contribution in [3.8, 4) is 0 Å². The van der Waals surface area contributed by atoms with Gasteiger partial charge in [-0.1, -0.05) is 27.5 Å². The van der Waals surface area contributed by atoms with Gasteiger partial charge >= 0.3 is 6.18 Å². The van der Waals surface area contributed by atoms with Gasteiger partial charge in [0.2, 0.25) is 5.91 Å². The monoisotopic (exact) mass is 448 g/mol. The van der Waals surface area contributed by atoms with Crippen LogP contribution < -0.4 is 11.1 Å². The summed E-state index contributed by atoms with van der Waals surface area (Å²) in [5.41, 5.74) is 5.09. The van der Waals surface area contributed by atoms with E-state index in [2.05, 4.69) is 21.2 Å². The Morgan fingerprint density at radius 1 is 1.15 bits per heavy atom. The molecule has 0 spiro atoms. The second kappa shape index (κ2) is 8.09. The van der Waals surface area contributed by atoms with E-state index >= 15 is 0 Å². The SMILES string of the molecule is NC(=O)[C@@H](Cc1cc(Cl)ccc1Br)NC(=O)c1ccc(C(F)(F)F)cc1. The Morgan fingerprint density at radius 2 is 1.77 bits per heavy atom. The maximum absolute atomic E-state index is 12.6. The highest BCUT2D eigenvalue weighted by molar-refractivity contribution is 9.10. The van der Waals surface area contributed by atoms with E-state index in [1.54, 1.807) is 18.2 Å². The second-order valence-electron chi connectivity index (χ2n) is 5.44. The number of carbonyl (C=O) groups is 2. The molecule has 0 aliphatic heterocycles. The molecule has 2 aromatic carbocycles. The smallest absolute Gasteiger partial charge is 0.368 e. The maximum Gasteiger partial charge on any atom is 0.416 e. The van der Waals surface area contributed by atoms with Crippen LogP contribution in [0.5, 0.6) is 0 Å². The minimum atomic E-state index is -4.50. The van der Waals surface area contributed by atoms with Crippen LogP contribution in [0.2, 0.25) is 5.02 Å². The highest BCUT2D eigenvalue weighted by Crippen LogP contribution is 2.29. The first kappa shape index (κ1) is 20.3. The van der Waals surface area contributed by atoms with Gasteiger partial charge in [-0.25, -0.2) is 0 Å². The zero-order valence-corrected chi connectivity index (χ0v) is 15.5. The van der Waals surface area contributed by atoms with Crippen LogP contribution in [0, 0.1) is 0 Å². The van der Waals surface area contributed by atoms with Gasteiger partial charge in [0, 0.05) is 21.5 Å². The molecule has 2 rings (SSSR count). The van der Waals surface area contributed by atoms with Gasteiger partial charge in [-0.2, -0.15) is 13.2 Å². The van der Waals surface area contributed by atoms with Crippen LogP contribution in [0.25, 0.3) is 0 Å². The third-order valence-electron chi connectivity index (χ3n) is 3.55. The number of amides is 2. The van der Waals surface area contributed by atoms with Crippen LogP contribution in [-0.4, -0.2) is 17.9 Å². The first-order valence-electron chi connectivity index (χ1n) is 7.29.